The summed E-state index contributed by atoms with van der Waals surface area (Å²) >= 11 is 0. The summed E-state index contributed by atoms with van der Waals surface area (Å²) in [6.45, 7) is 12.2. The van der Waals surface area contributed by atoms with E-state index in [9.17, 15) is 0 Å². The Morgan fingerprint density at radius 1 is 1.37 bits per heavy atom. The fourth-order valence-corrected chi connectivity index (χ4v) is 2.26. The van der Waals surface area contributed by atoms with Crippen molar-refractivity contribution in [3.8, 4) is 5.88 Å². The number of rotatable bonds is 3. The van der Waals surface area contributed by atoms with Crippen molar-refractivity contribution in [3.63, 3.8) is 0 Å². The second kappa shape index (κ2) is 5.74. The van der Waals surface area contributed by atoms with E-state index in [1.54, 1.807) is 0 Å². The molecule has 1 N–H and O–H groups in total. The average Bonchev–Trinajstić information content (AvgIpc) is 2.30. The Morgan fingerprint density at radius 2 is 2.11 bits per heavy atom. The highest BCUT2D eigenvalue weighted by atomic mass is 16.5. The Labute approximate surface area is 115 Å². The van der Waals surface area contributed by atoms with E-state index in [1.165, 1.54) is 0 Å². The summed E-state index contributed by atoms with van der Waals surface area (Å²) in [6.07, 6.45) is 0.126. The first-order chi connectivity index (χ1) is 8.95. The quantitative estimate of drug-likeness (QED) is 0.901. The van der Waals surface area contributed by atoms with Crippen LogP contribution in [0.3, 0.4) is 0 Å². The van der Waals surface area contributed by atoms with Gasteiger partial charge in [-0.2, -0.15) is 4.98 Å². The molecule has 1 aromatic rings. The summed E-state index contributed by atoms with van der Waals surface area (Å²) in [5.74, 6) is 1.44. The van der Waals surface area contributed by atoms with Crippen LogP contribution in [0.5, 0.6) is 5.88 Å². The molecule has 2 heterocycles. The normalized spacial score (nSPS) is 23.8. The smallest absolute Gasteiger partial charge is 0.229 e. The molecule has 2 rings (SSSR count). The second-order valence-electron chi connectivity index (χ2n) is 5.62. The molecule has 5 heteroatoms. The van der Waals surface area contributed by atoms with Gasteiger partial charge in [0.15, 0.2) is 0 Å². The summed E-state index contributed by atoms with van der Waals surface area (Å²) in [7, 11) is 0. The fraction of sp³-hybridized carbons (Fsp3) is 0.714. The van der Waals surface area contributed by atoms with Crippen molar-refractivity contribution in [1.29, 1.82) is 0 Å². The Balaban J connectivity index is 2.25. The molecule has 106 valence electrons. The van der Waals surface area contributed by atoms with Gasteiger partial charge in [-0.3, -0.25) is 0 Å². The van der Waals surface area contributed by atoms with Crippen LogP contribution in [0.15, 0.2) is 6.07 Å². The van der Waals surface area contributed by atoms with Crippen molar-refractivity contribution in [2.45, 2.75) is 52.8 Å². The molecule has 0 bridgehead atoms. The minimum absolute atomic E-state index is 0.126. The van der Waals surface area contributed by atoms with Gasteiger partial charge in [0.1, 0.15) is 0 Å². The summed E-state index contributed by atoms with van der Waals surface area (Å²) < 4.78 is 5.70. The van der Waals surface area contributed by atoms with E-state index >= 15 is 0 Å². The van der Waals surface area contributed by atoms with Gasteiger partial charge in [0, 0.05) is 36.9 Å². The topological polar surface area (TPSA) is 50.3 Å². The molecule has 0 amide bonds. The molecule has 19 heavy (non-hydrogen) atoms. The van der Waals surface area contributed by atoms with Gasteiger partial charge in [0.25, 0.3) is 0 Å². The third-order valence-corrected chi connectivity index (χ3v) is 3.20. The van der Waals surface area contributed by atoms with Crippen LogP contribution in [0, 0.1) is 6.92 Å². The Morgan fingerprint density at radius 3 is 2.79 bits per heavy atom. The van der Waals surface area contributed by atoms with Crippen LogP contribution in [0.1, 0.15) is 33.4 Å². The lowest BCUT2D eigenvalue weighted by Crippen LogP contribution is -2.55. The van der Waals surface area contributed by atoms with E-state index in [0.29, 0.717) is 18.0 Å². The van der Waals surface area contributed by atoms with E-state index in [1.807, 2.05) is 26.8 Å². The van der Waals surface area contributed by atoms with Gasteiger partial charge in [-0.05, 0) is 34.6 Å². The minimum Gasteiger partial charge on any atom is -0.475 e. The monoisotopic (exact) mass is 264 g/mol. The van der Waals surface area contributed by atoms with E-state index in [2.05, 4.69) is 34.0 Å². The predicted octanol–water partition coefficient (Wildman–Crippen LogP) is 1.76. The zero-order valence-electron chi connectivity index (χ0n) is 12.5. The van der Waals surface area contributed by atoms with Crippen molar-refractivity contribution in [3.05, 3.63) is 11.8 Å². The zero-order valence-corrected chi connectivity index (χ0v) is 12.5. The van der Waals surface area contributed by atoms with Crippen LogP contribution >= 0.6 is 0 Å². The van der Waals surface area contributed by atoms with Crippen LogP contribution in [-0.2, 0) is 0 Å². The van der Waals surface area contributed by atoms with Crippen LogP contribution in [0.2, 0.25) is 0 Å². The van der Waals surface area contributed by atoms with Gasteiger partial charge in [-0.1, -0.05) is 0 Å². The predicted molar refractivity (Wildman–Crippen MR) is 76.8 cm³/mol. The van der Waals surface area contributed by atoms with Crippen LogP contribution < -0.4 is 15.0 Å². The molecule has 0 spiro atoms. The van der Waals surface area contributed by atoms with Gasteiger partial charge < -0.3 is 15.0 Å². The number of aryl methyl sites for hydroxylation is 1. The molecule has 0 aliphatic carbocycles. The third kappa shape index (κ3) is 3.56. The van der Waals surface area contributed by atoms with Gasteiger partial charge in [0.05, 0.1) is 6.10 Å². The molecule has 1 aromatic heterocycles. The first-order valence-electron chi connectivity index (χ1n) is 6.98. The number of nitrogens with zero attached hydrogens (tertiary/aromatic N) is 3. The summed E-state index contributed by atoms with van der Waals surface area (Å²) in [4.78, 5) is 11.4. The summed E-state index contributed by atoms with van der Waals surface area (Å²) in [5, 5.41) is 3.46. The highest BCUT2D eigenvalue weighted by Gasteiger charge is 2.25. The zero-order chi connectivity index (χ0) is 14.0. The SMILES string of the molecule is Cc1cc(OC(C)C)nc(N2CC(C)NCC2C)n1. The molecule has 2 atom stereocenters. The molecule has 1 aliphatic rings. The highest BCUT2D eigenvalue weighted by Crippen LogP contribution is 2.20. The van der Waals surface area contributed by atoms with Crippen molar-refractivity contribution < 1.29 is 4.74 Å². The van der Waals surface area contributed by atoms with Crippen molar-refractivity contribution in [2.75, 3.05) is 18.0 Å². The molecule has 1 fully saturated rings. The Hall–Kier alpha value is -1.36. The van der Waals surface area contributed by atoms with Crippen LogP contribution in [0.4, 0.5) is 5.95 Å². The lowest BCUT2D eigenvalue weighted by Gasteiger charge is -2.37. The van der Waals surface area contributed by atoms with Crippen molar-refractivity contribution in [1.82, 2.24) is 15.3 Å². The molecule has 2 unspecified atom stereocenters. The maximum atomic E-state index is 5.70. The number of aromatic nitrogens is 2. The molecule has 0 radical (unpaired) electrons. The number of hydrogen-bond donors (Lipinski definition) is 1. The lowest BCUT2D eigenvalue weighted by molar-refractivity contribution is 0.232. The Bertz CT molecular complexity index is 435. The molecule has 0 saturated carbocycles. The fourth-order valence-electron chi connectivity index (χ4n) is 2.26. The Kier molecular flexibility index (Phi) is 4.24. The van der Waals surface area contributed by atoms with Gasteiger partial charge in [-0.25, -0.2) is 4.98 Å². The molecule has 0 aromatic carbocycles. The molecular formula is C14H24N4O. The number of nitrogens with one attached hydrogen (secondary N) is 1. The molecule has 5 nitrogen and oxygen atoms in total. The largest absolute Gasteiger partial charge is 0.475 e. The number of hydrogen-bond acceptors (Lipinski definition) is 5. The average molecular weight is 264 g/mol. The van der Waals surface area contributed by atoms with Gasteiger partial charge >= 0.3 is 0 Å². The molecular weight excluding hydrogens is 240 g/mol. The highest BCUT2D eigenvalue weighted by molar-refractivity contribution is 5.37. The summed E-state index contributed by atoms with van der Waals surface area (Å²) in [5.41, 5.74) is 0.944. The molecule has 1 saturated heterocycles. The first kappa shape index (κ1) is 14.1. The van der Waals surface area contributed by atoms with Crippen molar-refractivity contribution in [2.24, 2.45) is 0 Å². The van der Waals surface area contributed by atoms with E-state index < -0.39 is 0 Å². The third-order valence-electron chi connectivity index (χ3n) is 3.20. The number of piperazine rings is 1. The van der Waals surface area contributed by atoms with E-state index in [4.69, 9.17) is 4.74 Å². The maximum absolute atomic E-state index is 5.70. The standard InChI is InChI=1S/C14H24N4O/c1-9(2)19-13-6-10(3)16-14(17-13)18-8-11(4)15-7-12(18)5/h6,9,11-12,15H,7-8H2,1-5H3. The van der Waals surface area contributed by atoms with Crippen LogP contribution in [-0.4, -0.2) is 41.2 Å². The number of anilines is 1. The minimum atomic E-state index is 0.126. The van der Waals surface area contributed by atoms with Gasteiger partial charge in [-0.15, -0.1) is 0 Å². The van der Waals surface area contributed by atoms with Gasteiger partial charge in [0.2, 0.25) is 11.8 Å². The maximum Gasteiger partial charge on any atom is 0.229 e. The summed E-state index contributed by atoms with van der Waals surface area (Å²) in [6, 6.07) is 2.74. The van der Waals surface area contributed by atoms with Crippen molar-refractivity contribution >= 4 is 5.95 Å². The first-order valence-corrected chi connectivity index (χ1v) is 6.98. The van der Waals surface area contributed by atoms with E-state index in [0.717, 1.165) is 24.7 Å². The lowest BCUT2D eigenvalue weighted by atomic mass is 10.1. The van der Waals surface area contributed by atoms with E-state index in [-0.39, 0.29) is 6.10 Å². The second-order valence-corrected chi connectivity index (χ2v) is 5.62. The van der Waals surface area contributed by atoms with Crippen LogP contribution in [0.25, 0.3) is 0 Å². The molecule has 1 aliphatic heterocycles. The number of ether oxygens (including phenoxy) is 1.